The van der Waals surface area contributed by atoms with Gasteiger partial charge in [0.1, 0.15) is 0 Å². The monoisotopic (exact) mass is 287 g/mol. The molecule has 21 heavy (non-hydrogen) atoms. The molecular formula is C19H29NO. The predicted molar refractivity (Wildman–Crippen MR) is 89.9 cm³/mol. The highest BCUT2D eigenvalue weighted by molar-refractivity contribution is 5.35. The van der Waals surface area contributed by atoms with Gasteiger partial charge in [-0.2, -0.15) is 0 Å². The fourth-order valence-electron chi connectivity index (χ4n) is 3.01. The van der Waals surface area contributed by atoms with Gasteiger partial charge in [0.2, 0.25) is 0 Å². The van der Waals surface area contributed by atoms with E-state index in [1.54, 1.807) is 7.11 Å². The summed E-state index contributed by atoms with van der Waals surface area (Å²) in [5.74, 6) is 0. The van der Waals surface area contributed by atoms with E-state index >= 15 is 0 Å². The maximum absolute atomic E-state index is 5.12. The van der Waals surface area contributed by atoms with Crippen molar-refractivity contribution in [1.82, 2.24) is 5.32 Å². The van der Waals surface area contributed by atoms with Crippen LogP contribution in [0.15, 0.2) is 36.4 Å². The lowest BCUT2D eigenvalue weighted by Gasteiger charge is -2.31. The molecule has 0 saturated heterocycles. The summed E-state index contributed by atoms with van der Waals surface area (Å²) >= 11 is 0. The van der Waals surface area contributed by atoms with Gasteiger partial charge in [0.25, 0.3) is 0 Å². The third kappa shape index (κ3) is 3.96. The zero-order valence-electron chi connectivity index (χ0n) is 13.9. The third-order valence-electron chi connectivity index (χ3n) is 4.49. The summed E-state index contributed by atoms with van der Waals surface area (Å²) in [6.45, 7) is 9.49. The molecule has 0 unspecified atom stereocenters. The van der Waals surface area contributed by atoms with E-state index in [2.05, 4.69) is 62.5 Å². The summed E-state index contributed by atoms with van der Waals surface area (Å²) in [5.41, 5.74) is 3.30. The second kappa shape index (κ2) is 6.76. The lowest BCUT2D eigenvalue weighted by atomic mass is 9.76. The van der Waals surface area contributed by atoms with Crippen LogP contribution in [0.4, 0.5) is 0 Å². The Kier molecular flexibility index (Phi) is 5.23. The Morgan fingerprint density at radius 1 is 1.10 bits per heavy atom. The van der Waals surface area contributed by atoms with Crippen molar-refractivity contribution in [2.24, 2.45) is 0 Å². The number of nitrogens with one attached hydrogen (secondary N) is 1. The number of hydrogen-bond acceptors (Lipinski definition) is 2. The number of hydrogen-bond donors (Lipinski definition) is 1. The van der Waals surface area contributed by atoms with Crippen molar-refractivity contribution in [1.29, 1.82) is 0 Å². The molecule has 0 radical (unpaired) electrons. The summed E-state index contributed by atoms with van der Waals surface area (Å²) < 4.78 is 5.12. The Labute approximate surface area is 129 Å². The van der Waals surface area contributed by atoms with Crippen molar-refractivity contribution in [2.45, 2.75) is 44.4 Å². The molecule has 1 aromatic carbocycles. The van der Waals surface area contributed by atoms with E-state index in [0.717, 1.165) is 32.5 Å². The first-order chi connectivity index (χ1) is 9.98. The SMILES string of the molecule is COCCNCC1(c2ccc(C(C)(C)C)cc2)CC=CC1. The minimum Gasteiger partial charge on any atom is -0.383 e. The fourth-order valence-corrected chi connectivity index (χ4v) is 3.01. The first kappa shape index (κ1) is 16.3. The van der Waals surface area contributed by atoms with Gasteiger partial charge in [-0.25, -0.2) is 0 Å². The number of benzene rings is 1. The molecule has 0 heterocycles. The van der Waals surface area contributed by atoms with Crippen molar-refractivity contribution in [3.63, 3.8) is 0 Å². The standard InChI is InChI=1S/C19H29NO/c1-18(2,3)16-7-9-17(10-8-16)19(11-5-6-12-19)15-20-13-14-21-4/h5-10,20H,11-15H2,1-4H3. The Balaban J connectivity index is 2.11. The first-order valence-electron chi connectivity index (χ1n) is 7.94. The van der Waals surface area contributed by atoms with Crippen LogP contribution in [0.2, 0.25) is 0 Å². The van der Waals surface area contributed by atoms with Crippen LogP contribution in [-0.4, -0.2) is 26.8 Å². The zero-order chi connectivity index (χ0) is 15.3. The number of rotatable bonds is 6. The van der Waals surface area contributed by atoms with Gasteiger partial charge in [-0.05, 0) is 29.4 Å². The largest absolute Gasteiger partial charge is 0.383 e. The van der Waals surface area contributed by atoms with E-state index in [4.69, 9.17) is 4.74 Å². The Bertz CT molecular complexity index is 459. The molecule has 0 amide bonds. The molecule has 0 saturated carbocycles. The van der Waals surface area contributed by atoms with E-state index in [0.29, 0.717) is 0 Å². The van der Waals surface area contributed by atoms with Gasteiger partial charge in [0, 0.05) is 25.6 Å². The molecule has 116 valence electrons. The molecule has 1 aliphatic rings. The lowest BCUT2D eigenvalue weighted by Crippen LogP contribution is -2.37. The van der Waals surface area contributed by atoms with Crippen molar-refractivity contribution < 1.29 is 4.74 Å². The molecule has 0 aromatic heterocycles. The maximum Gasteiger partial charge on any atom is 0.0587 e. The molecule has 2 rings (SSSR count). The van der Waals surface area contributed by atoms with Gasteiger partial charge < -0.3 is 10.1 Å². The van der Waals surface area contributed by atoms with Gasteiger partial charge in [0.05, 0.1) is 6.61 Å². The highest BCUT2D eigenvalue weighted by Crippen LogP contribution is 2.37. The van der Waals surface area contributed by atoms with Gasteiger partial charge in [-0.3, -0.25) is 0 Å². The van der Waals surface area contributed by atoms with Gasteiger partial charge >= 0.3 is 0 Å². The third-order valence-corrected chi connectivity index (χ3v) is 4.49. The van der Waals surface area contributed by atoms with Crippen molar-refractivity contribution in [3.05, 3.63) is 47.5 Å². The minimum atomic E-state index is 0.219. The van der Waals surface area contributed by atoms with Gasteiger partial charge in [-0.1, -0.05) is 57.2 Å². The fraction of sp³-hybridized carbons (Fsp3) is 0.579. The van der Waals surface area contributed by atoms with E-state index in [1.807, 2.05) is 0 Å². The Morgan fingerprint density at radius 2 is 1.71 bits per heavy atom. The van der Waals surface area contributed by atoms with Crippen molar-refractivity contribution >= 4 is 0 Å². The highest BCUT2D eigenvalue weighted by Gasteiger charge is 2.32. The molecule has 1 aromatic rings. The van der Waals surface area contributed by atoms with Crippen LogP contribution in [0.5, 0.6) is 0 Å². The molecule has 0 fully saturated rings. The van der Waals surface area contributed by atoms with E-state index in [-0.39, 0.29) is 10.8 Å². The average molecular weight is 287 g/mol. The zero-order valence-corrected chi connectivity index (χ0v) is 13.9. The Morgan fingerprint density at radius 3 is 2.24 bits per heavy atom. The number of allylic oxidation sites excluding steroid dienone is 2. The quantitative estimate of drug-likeness (QED) is 0.634. The van der Waals surface area contributed by atoms with Crippen molar-refractivity contribution in [3.8, 4) is 0 Å². The summed E-state index contributed by atoms with van der Waals surface area (Å²) in [7, 11) is 1.75. The number of ether oxygens (including phenoxy) is 1. The van der Waals surface area contributed by atoms with Crippen molar-refractivity contribution in [2.75, 3.05) is 26.8 Å². The lowest BCUT2D eigenvalue weighted by molar-refractivity contribution is 0.196. The van der Waals surface area contributed by atoms with Crippen LogP contribution in [-0.2, 0) is 15.6 Å². The smallest absolute Gasteiger partial charge is 0.0587 e. The highest BCUT2D eigenvalue weighted by atomic mass is 16.5. The van der Waals surface area contributed by atoms with Gasteiger partial charge in [-0.15, -0.1) is 0 Å². The molecule has 0 aliphatic heterocycles. The predicted octanol–water partition coefficient (Wildman–Crippen LogP) is 3.81. The summed E-state index contributed by atoms with van der Waals surface area (Å²) in [6, 6.07) is 9.24. The maximum atomic E-state index is 5.12. The average Bonchev–Trinajstić information content (AvgIpc) is 2.93. The molecule has 0 bridgehead atoms. The molecule has 1 aliphatic carbocycles. The van der Waals surface area contributed by atoms with E-state index in [9.17, 15) is 0 Å². The van der Waals surface area contributed by atoms with Gasteiger partial charge in [0.15, 0.2) is 0 Å². The van der Waals surface area contributed by atoms with Crippen LogP contribution in [0.1, 0.15) is 44.7 Å². The first-order valence-corrected chi connectivity index (χ1v) is 7.94. The molecule has 2 heteroatoms. The summed E-state index contributed by atoms with van der Waals surface area (Å²) in [6.07, 6.45) is 6.88. The van der Waals surface area contributed by atoms with E-state index < -0.39 is 0 Å². The minimum absolute atomic E-state index is 0.219. The molecule has 2 nitrogen and oxygen atoms in total. The second-order valence-electron chi connectivity index (χ2n) is 7.16. The Hall–Kier alpha value is -1.12. The molecule has 0 spiro atoms. The molecular weight excluding hydrogens is 258 g/mol. The van der Waals surface area contributed by atoms with Crippen LogP contribution >= 0.6 is 0 Å². The van der Waals surface area contributed by atoms with E-state index in [1.165, 1.54) is 11.1 Å². The summed E-state index contributed by atoms with van der Waals surface area (Å²) in [5, 5.41) is 3.55. The summed E-state index contributed by atoms with van der Waals surface area (Å²) in [4.78, 5) is 0. The molecule has 0 atom stereocenters. The van der Waals surface area contributed by atoms with Crippen LogP contribution in [0, 0.1) is 0 Å². The van der Waals surface area contributed by atoms with Crippen LogP contribution < -0.4 is 5.32 Å². The topological polar surface area (TPSA) is 21.3 Å². The normalized spacial score (nSPS) is 17.3. The number of methoxy groups -OCH3 is 1. The molecule has 1 N–H and O–H groups in total. The van der Waals surface area contributed by atoms with Crippen LogP contribution in [0.25, 0.3) is 0 Å². The second-order valence-corrected chi connectivity index (χ2v) is 7.16. The van der Waals surface area contributed by atoms with Crippen LogP contribution in [0.3, 0.4) is 0 Å².